The van der Waals surface area contributed by atoms with Crippen molar-refractivity contribution in [2.45, 2.75) is 38.5 Å². The molecule has 5 nitrogen and oxygen atoms in total. The van der Waals surface area contributed by atoms with Crippen molar-refractivity contribution in [2.75, 3.05) is 5.32 Å². The highest BCUT2D eigenvalue weighted by Gasteiger charge is 2.20. The SMILES string of the molecule is O=C(O)c1ccc(NC(=O)C2CCCCCC2)nc1. The van der Waals surface area contributed by atoms with Crippen LogP contribution in [-0.4, -0.2) is 22.0 Å². The Balaban J connectivity index is 1.95. The molecule has 0 bridgehead atoms. The molecule has 19 heavy (non-hydrogen) atoms. The maximum Gasteiger partial charge on any atom is 0.337 e. The van der Waals surface area contributed by atoms with Crippen molar-refractivity contribution in [3.05, 3.63) is 23.9 Å². The van der Waals surface area contributed by atoms with Gasteiger partial charge in [-0.2, -0.15) is 0 Å². The smallest absolute Gasteiger partial charge is 0.337 e. The Morgan fingerprint density at radius 3 is 2.37 bits per heavy atom. The molecule has 5 heteroatoms. The molecule has 0 radical (unpaired) electrons. The Morgan fingerprint density at radius 1 is 1.16 bits per heavy atom. The average Bonchev–Trinajstić information content (AvgIpc) is 2.68. The summed E-state index contributed by atoms with van der Waals surface area (Å²) in [7, 11) is 0. The fraction of sp³-hybridized carbons (Fsp3) is 0.500. The highest BCUT2D eigenvalue weighted by atomic mass is 16.4. The van der Waals surface area contributed by atoms with Crippen LogP contribution in [0.15, 0.2) is 18.3 Å². The lowest BCUT2D eigenvalue weighted by molar-refractivity contribution is -0.120. The number of rotatable bonds is 3. The molecule has 2 rings (SSSR count). The molecule has 1 fully saturated rings. The highest BCUT2D eigenvalue weighted by molar-refractivity contribution is 5.92. The molecular weight excluding hydrogens is 244 g/mol. The minimum atomic E-state index is -1.02. The third-order valence-corrected chi connectivity index (χ3v) is 3.49. The predicted molar refractivity (Wildman–Crippen MR) is 71.0 cm³/mol. The number of aromatic carboxylic acids is 1. The van der Waals surface area contributed by atoms with Crippen LogP contribution < -0.4 is 5.32 Å². The van der Waals surface area contributed by atoms with Gasteiger partial charge in [0.05, 0.1) is 5.56 Å². The number of carbonyl (C=O) groups is 2. The number of pyridine rings is 1. The van der Waals surface area contributed by atoms with Crippen molar-refractivity contribution >= 4 is 17.7 Å². The third-order valence-electron chi connectivity index (χ3n) is 3.49. The van der Waals surface area contributed by atoms with Crippen LogP contribution in [0.4, 0.5) is 5.82 Å². The van der Waals surface area contributed by atoms with Gasteiger partial charge >= 0.3 is 5.97 Å². The Kier molecular flexibility index (Phi) is 4.49. The Hall–Kier alpha value is -1.91. The van der Waals surface area contributed by atoms with Gasteiger partial charge in [-0.05, 0) is 25.0 Å². The van der Waals surface area contributed by atoms with Gasteiger partial charge in [0, 0.05) is 12.1 Å². The van der Waals surface area contributed by atoms with E-state index < -0.39 is 5.97 Å². The monoisotopic (exact) mass is 262 g/mol. The molecular formula is C14H18N2O3. The number of carbonyl (C=O) groups excluding carboxylic acids is 1. The highest BCUT2D eigenvalue weighted by Crippen LogP contribution is 2.23. The van der Waals surface area contributed by atoms with Crippen LogP contribution in [0.5, 0.6) is 0 Å². The summed E-state index contributed by atoms with van der Waals surface area (Å²) in [6.45, 7) is 0. The maximum atomic E-state index is 12.1. The van der Waals surface area contributed by atoms with Crippen LogP contribution in [0.25, 0.3) is 0 Å². The molecule has 1 heterocycles. The quantitative estimate of drug-likeness (QED) is 0.821. The van der Waals surface area contributed by atoms with Crippen molar-refractivity contribution in [1.29, 1.82) is 0 Å². The first-order valence-electron chi connectivity index (χ1n) is 6.67. The van der Waals surface area contributed by atoms with Crippen LogP contribution in [-0.2, 0) is 4.79 Å². The number of hydrogen-bond donors (Lipinski definition) is 2. The minimum absolute atomic E-state index is 0.00234. The zero-order chi connectivity index (χ0) is 13.7. The molecule has 1 saturated carbocycles. The maximum absolute atomic E-state index is 12.1. The number of nitrogens with one attached hydrogen (secondary N) is 1. The van der Waals surface area contributed by atoms with E-state index in [0.717, 1.165) is 25.7 Å². The number of anilines is 1. The van der Waals surface area contributed by atoms with Crippen LogP contribution >= 0.6 is 0 Å². The van der Waals surface area contributed by atoms with Gasteiger partial charge in [0.1, 0.15) is 5.82 Å². The van der Waals surface area contributed by atoms with Gasteiger partial charge in [0.2, 0.25) is 5.91 Å². The summed E-state index contributed by atoms with van der Waals surface area (Å²) < 4.78 is 0. The first kappa shape index (κ1) is 13.5. The molecule has 1 amide bonds. The molecule has 1 aromatic rings. The lowest BCUT2D eigenvalue weighted by atomic mass is 9.99. The van der Waals surface area contributed by atoms with E-state index in [1.807, 2.05) is 0 Å². The molecule has 102 valence electrons. The van der Waals surface area contributed by atoms with Crippen molar-refractivity contribution in [2.24, 2.45) is 5.92 Å². The second kappa shape index (κ2) is 6.31. The fourth-order valence-electron chi connectivity index (χ4n) is 2.36. The van der Waals surface area contributed by atoms with E-state index in [0.29, 0.717) is 5.82 Å². The summed E-state index contributed by atoms with van der Waals surface area (Å²) in [6.07, 6.45) is 7.72. The van der Waals surface area contributed by atoms with E-state index in [9.17, 15) is 9.59 Å². The normalized spacial score (nSPS) is 16.6. The molecule has 2 N–H and O–H groups in total. The molecule has 0 unspecified atom stereocenters. The lowest BCUT2D eigenvalue weighted by Gasteiger charge is -2.13. The Morgan fingerprint density at radius 2 is 1.84 bits per heavy atom. The molecule has 1 aliphatic carbocycles. The van der Waals surface area contributed by atoms with Gasteiger partial charge in [-0.1, -0.05) is 25.7 Å². The van der Waals surface area contributed by atoms with Crippen LogP contribution in [0, 0.1) is 5.92 Å². The average molecular weight is 262 g/mol. The summed E-state index contributed by atoms with van der Waals surface area (Å²) in [5, 5.41) is 11.5. The fourth-order valence-corrected chi connectivity index (χ4v) is 2.36. The third kappa shape index (κ3) is 3.77. The number of carboxylic acid groups (broad SMARTS) is 1. The summed E-state index contributed by atoms with van der Waals surface area (Å²) in [5.74, 6) is -0.547. The lowest BCUT2D eigenvalue weighted by Crippen LogP contribution is -2.22. The zero-order valence-electron chi connectivity index (χ0n) is 10.8. The topological polar surface area (TPSA) is 79.3 Å². The van der Waals surface area contributed by atoms with E-state index in [-0.39, 0.29) is 17.4 Å². The van der Waals surface area contributed by atoms with E-state index in [2.05, 4.69) is 10.3 Å². The van der Waals surface area contributed by atoms with Crippen molar-refractivity contribution in [3.8, 4) is 0 Å². The molecule has 1 aliphatic rings. The van der Waals surface area contributed by atoms with E-state index >= 15 is 0 Å². The van der Waals surface area contributed by atoms with Gasteiger partial charge in [-0.15, -0.1) is 0 Å². The molecule has 0 aromatic carbocycles. The Labute approximate surface area is 112 Å². The largest absolute Gasteiger partial charge is 0.478 e. The molecule has 0 saturated heterocycles. The molecule has 0 atom stereocenters. The zero-order valence-corrected chi connectivity index (χ0v) is 10.8. The second-order valence-corrected chi connectivity index (χ2v) is 4.92. The van der Waals surface area contributed by atoms with E-state index in [1.165, 1.54) is 31.2 Å². The number of nitrogens with zero attached hydrogens (tertiary/aromatic N) is 1. The van der Waals surface area contributed by atoms with E-state index in [4.69, 9.17) is 5.11 Å². The molecule has 1 aromatic heterocycles. The summed E-state index contributed by atoms with van der Waals surface area (Å²) in [4.78, 5) is 26.7. The van der Waals surface area contributed by atoms with Gasteiger partial charge in [0.25, 0.3) is 0 Å². The second-order valence-electron chi connectivity index (χ2n) is 4.92. The summed E-state index contributed by atoms with van der Waals surface area (Å²) in [6, 6.07) is 2.97. The first-order valence-corrected chi connectivity index (χ1v) is 6.67. The van der Waals surface area contributed by atoms with Crippen molar-refractivity contribution in [3.63, 3.8) is 0 Å². The van der Waals surface area contributed by atoms with Gasteiger partial charge < -0.3 is 10.4 Å². The minimum Gasteiger partial charge on any atom is -0.478 e. The predicted octanol–water partition coefficient (Wildman–Crippen LogP) is 2.69. The van der Waals surface area contributed by atoms with Gasteiger partial charge in [-0.3, -0.25) is 4.79 Å². The summed E-state index contributed by atoms with van der Waals surface area (Å²) >= 11 is 0. The van der Waals surface area contributed by atoms with E-state index in [1.54, 1.807) is 0 Å². The van der Waals surface area contributed by atoms with Gasteiger partial charge in [0.15, 0.2) is 0 Å². The van der Waals surface area contributed by atoms with Crippen LogP contribution in [0.1, 0.15) is 48.9 Å². The standard InChI is InChI=1S/C14H18N2O3/c17-13(10-5-3-1-2-4-6-10)16-12-8-7-11(9-15-12)14(18)19/h7-10H,1-6H2,(H,18,19)(H,15,16,17). The number of hydrogen-bond acceptors (Lipinski definition) is 3. The van der Waals surface area contributed by atoms with Crippen molar-refractivity contribution in [1.82, 2.24) is 4.98 Å². The number of aromatic nitrogens is 1. The van der Waals surface area contributed by atoms with Crippen molar-refractivity contribution < 1.29 is 14.7 Å². The van der Waals surface area contributed by atoms with Crippen LogP contribution in [0.2, 0.25) is 0 Å². The van der Waals surface area contributed by atoms with Gasteiger partial charge in [-0.25, -0.2) is 9.78 Å². The molecule has 0 aliphatic heterocycles. The first-order chi connectivity index (χ1) is 9.16. The van der Waals surface area contributed by atoms with Crippen LogP contribution in [0.3, 0.4) is 0 Å². The summed E-state index contributed by atoms with van der Waals surface area (Å²) in [5.41, 5.74) is 0.118. The number of amides is 1. The number of carboxylic acids is 1. The molecule has 0 spiro atoms. The Bertz CT molecular complexity index is 448.